The number of halogens is 1. The minimum atomic E-state index is -3.93. The van der Waals surface area contributed by atoms with Gasteiger partial charge in [0, 0.05) is 70.0 Å². The van der Waals surface area contributed by atoms with Crippen LogP contribution in [0, 0.1) is 17.8 Å². The maximum Gasteiger partial charge on any atom is 0.312 e. The SMILES string of the molecule is CO[C@]1(C)C[C@H](O[C@H]2[C@H](C)[C@@H](O[C@@H]3O[C@H](C)C[C@H](N(C)CCc4cn(CCNS(=O)(=O)c5ccc(S(C)(=O)=O)cc5)nn4)[C@H]3O)[C@](C)(O)C[C@@H](C)CN(C)[C@H](C)[C@@H](O)[C@](C)(O)[C@@H](I)OC(=O)[C@@H]2C)O[C@@H](C)[C@@H]1O. The Morgan fingerprint density at radius 3 is 2.19 bits per heavy atom. The third kappa shape index (κ3) is 15.2. The number of ether oxygens (including phenoxy) is 6. The summed E-state index contributed by atoms with van der Waals surface area (Å²) in [5.41, 5.74) is -4.03. The van der Waals surface area contributed by atoms with Crippen LogP contribution in [0.2, 0.25) is 0 Å². The Labute approximate surface area is 444 Å². The highest BCUT2D eigenvalue weighted by Crippen LogP contribution is 2.40. The minimum absolute atomic E-state index is 0.00701. The van der Waals surface area contributed by atoms with Crippen molar-refractivity contribution in [1.29, 1.82) is 0 Å². The van der Waals surface area contributed by atoms with Crippen LogP contribution in [0.4, 0.5) is 0 Å². The van der Waals surface area contributed by atoms with E-state index in [0.29, 0.717) is 31.6 Å². The van der Waals surface area contributed by atoms with Gasteiger partial charge in [0.25, 0.3) is 0 Å². The van der Waals surface area contributed by atoms with Crippen molar-refractivity contribution in [1.82, 2.24) is 29.5 Å². The Balaban J connectivity index is 1.37. The molecule has 0 amide bonds. The number of aromatic nitrogens is 3. The number of hydrogen-bond donors (Lipinski definition) is 6. The second-order valence-corrected chi connectivity index (χ2v) is 26.4. The van der Waals surface area contributed by atoms with E-state index in [2.05, 4.69) is 15.0 Å². The Morgan fingerprint density at radius 2 is 1.58 bits per heavy atom. The fraction of sp³-hybridized carbons (Fsp3) is 0.812. The molecule has 0 saturated carbocycles. The molecule has 0 unspecified atom stereocenters. The van der Waals surface area contributed by atoms with E-state index in [0.717, 1.165) is 6.26 Å². The van der Waals surface area contributed by atoms with Crippen LogP contribution < -0.4 is 4.72 Å². The summed E-state index contributed by atoms with van der Waals surface area (Å²) in [4.78, 5) is 18.1. The molecule has 18 atom stereocenters. The Kier molecular flexibility index (Phi) is 20.9. The molecule has 3 fully saturated rings. The predicted octanol–water partition coefficient (Wildman–Crippen LogP) is 1.47. The molecule has 0 bridgehead atoms. The van der Waals surface area contributed by atoms with E-state index in [1.165, 1.54) is 43.0 Å². The summed E-state index contributed by atoms with van der Waals surface area (Å²) in [7, 11) is -2.29. The average Bonchev–Trinajstić information content (AvgIpc) is 3.77. The molecule has 1 aromatic carbocycles. The summed E-state index contributed by atoms with van der Waals surface area (Å²) in [6.07, 6.45) is -5.56. The zero-order chi connectivity index (χ0) is 54.8. The highest BCUT2D eigenvalue weighted by atomic mass is 127. The van der Waals surface area contributed by atoms with Gasteiger partial charge in [-0.15, -0.1) is 5.10 Å². The van der Waals surface area contributed by atoms with Crippen LogP contribution >= 0.6 is 22.6 Å². The molecule has 22 nitrogen and oxygen atoms in total. The molecule has 6 N–H and O–H groups in total. The fourth-order valence-corrected chi connectivity index (χ4v) is 12.6. The lowest BCUT2D eigenvalue weighted by Crippen LogP contribution is -2.60. The number of benzene rings is 1. The molecule has 3 saturated heterocycles. The third-order valence-corrected chi connectivity index (χ3v) is 19.1. The van der Waals surface area contributed by atoms with Crippen molar-refractivity contribution in [3.05, 3.63) is 36.2 Å². The van der Waals surface area contributed by atoms with Crippen LogP contribution in [0.25, 0.3) is 0 Å². The second kappa shape index (κ2) is 24.7. The molecule has 0 aliphatic carbocycles. The number of sulfone groups is 1. The van der Waals surface area contributed by atoms with Crippen molar-refractivity contribution in [3.63, 3.8) is 0 Å². The molecule has 1 aromatic heterocycles. The highest BCUT2D eigenvalue weighted by molar-refractivity contribution is 14.1. The van der Waals surface area contributed by atoms with Gasteiger partial charge < -0.3 is 63.8 Å². The van der Waals surface area contributed by atoms with Crippen LogP contribution in [-0.4, -0.2) is 209 Å². The number of esters is 1. The van der Waals surface area contributed by atoms with Crippen molar-refractivity contribution >= 4 is 48.4 Å². The van der Waals surface area contributed by atoms with Crippen molar-refractivity contribution in [3.8, 4) is 0 Å². The Hall–Kier alpha value is -2.06. The first-order chi connectivity index (χ1) is 33.7. The molecule has 0 spiro atoms. The number of nitrogens with one attached hydrogen (secondary N) is 1. The molecule has 418 valence electrons. The molecule has 2 aromatic rings. The van der Waals surface area contributed by atoms with Crippen LogP contribution in [0.5, 0.6) is 0 Å². The summed E-state index contributed by atoms with van der Waals surface area (Å²) in [5, 5.41) is 67.6. The fourth-order valence-electron chi connectivity index (χ4n) is 10.3. The first-order valence-corrected chi connectivity index (χ1v) is 29.4. The van der Waals surface area contributed by atoms with Gasteiger partial charge in [0.05, 0.1) is 63.6 Å². The molecule has 3 aliphatic heterocycles. The number of likely N-dealkylation sites (N-methyl/N-ethyl adjacent to an activating group) is 2. The lowest BCUT2D eigenvalue weighted by molar-refractivity contribution is -0.318. The van der Waals surface area contributed by atoms with Gasteiger partial charge in [0.2, 0.25) is 10.0 Å². The number of cyclic esters (lactones) is 1. The predicted molar refractivity (Wildman–Crippen MR) is 275 cm³/mol. The topological polar surface area (TPSA) is 291 Å². The maximum atomic E-state index is 14.3. The third-order valence-electron chi connectivity index (χ3n) is 15.0. The lowest BCUT2D eigenvalue weighted by atomic mass is 9.77. The molecule has 4 heterocycles. The number of sulfonamides is 1. The number of rotatable bonds is 15. The monoisotopic (exact) mass is 1190 g/mol. The van der Waals surface area contributed by atoms with E-state index in [4.69, 9.17) is 28.4 Å². The molecule has 3 aliphatic rings. The van der Waals surface area contributed by atoms with Crippen molar-refractivity contribution < 1.29 is 75.6 Å². The number of hydrogen-bond acceptors (Lipinski definition) is 20. The van der Waals surface area contributed by atoms with Gasteiger partial charge in [-0.05, 0) is 128 Å². The molecule has 25 heteroatoms. The Morgan fingerprint density at radius 1 is 0.945 bits per heavy atom. The van der Waals surface area contributed by atoms with E-state index in [1.54, 1.807) is 77.4 Å². The summed E-state index contributed by atoms with van der Waals surface area (Å²) in [6, 6.07) is 3.83. The van der Waals surface area contributed by atoms with Crippen LogP contribution in [-0.2, 0) is 66.0 Å². The van der Waals surface area contributed by atoms with E-state index >= 15 is 0 Å². The number of nitrogens with zero attached hydrogens (tertiary/aromatic N) is 5. The maximum absolute atomic E-state index is 14.3. The molecule has 0 radical (unpaired) electrons. The first kappa shape index (κ1) is 61.8. The van der Waals surface area contributed by atoms with Crippen molar-refractivity contribution in [2.75, 3.05) is 47.1 Å². The van der Waals surface area contributed by atoms with Gasteiger partial charge in [-0.1, -0.05) is 19.1 Å². The zero-order valence-electron chi connectivity index (χ0n) is 44.4. The number of carbonyl (C=O) groups is 1. The molecular weight excluding hydrogens is 1110 g/mol. The van der Waals surface area contributed by atoms with Gasteiger partial charge in [-0.3, -0.25) is 9.48 Å². The number of carbonyl (C=O) groups excluding carboxylic acids is 1. The van der Waals surface area contributed by atoms with Crippen LogP contribution in [0.1, 0.15) is 87.3 Å². The van der Waals surface area contributed by atoms with E-state index in [-0.39, 0.29) is 41.6 Å². The van der Waals surface area contributed by atoms with Gasteiger partial charge in [0.15, 0.2) is 26.5 Å². The first-order valence-electron chi connectivity index (χ1n) is 24.8. The van der Waals surface area contributed by atoms with Gasteiger partial charge in [-0.2, -0.15) is 0 Å². The summed E-state index contributed by atoms with van der Waals surface area (Å²) in [6.45, 7) is 16.4. The standard InChI is InChI=1S/C48H81IN6O16S2/c1-27-23-46(7,60)42(29(3)39(69-37-24-47(8,66-12)41(58)32(6)68-37)30(4)43(59)71-45(49)48(9,61)40(57)31(5)54(11)25-27)70-44-38(56)36(22-28(2)67-44)53(10)20-18-33-26-55(52-51-33)21-19-50-73(64,65)35-16-14-34(15-17-35)72(13,62)63/h14-17,26-32,36-42,44-45,50,56-58,60-61H,18-25H2,1-13H3/t27-,28-,29+,30-,31-,32+,36+,37+,38-,39+,40-,41+,42-,44+,45+,46-,47-,48+/m1/s1. The molecule has 5 rings (SSSR count). The van der Waals surface area contributed by atoms with E-state index in [1.807, 2.05) is 30.7 Å². The largest absolute Gasteiger partial charge is 0.448 e. The second-order valence-electron chi connectivity index (χ2n) is 21.5. The highest BCUT2D eigenvalue weighted by Gasteiger charge is 2.53. The molecule has 73 heavy (non-hydrogen) atoms. The van der Waals surface area contributed by atoms with E-state index < -0.39 is 126 Å². The average molecular weight is 1190 g/mol. The van der Waals surface area contributed by atoms with Crippen molar-refractivity contribution in [2.45, 2.75) is 193 Å². The van der Waals surface area contributed by atoms with E-state index in [9.17, 15) is 47.2 Å². The van der Waals surface area contributed by atoms with Crippen LogP contribution in [0.3, 0.4) is 0 Å². The van der Waals surface area contributed by atoms with Crippen LogP contribution in [0.15, 0.2) is 40.3 Å². The Bertz CT molecular complexity index is 2350. The lowest BCUT2D eigenvalue weighted by Gasteiger charge is -2.49. The summed E-state index contributed by atoms with van der Waals surface area (Å²) >= 11 is 1.81. The quantitative estimate of drug-likeness (QED) is 0.0836. The van der Waals surface area contributed by atoms with Gasteiger partial charge >= 0.3 is 5.97 Å². The number of aliphatic hydroxyl groups is 5. The summed E-state index contributed by atoms with van der Waals surface area (Å²) < 4.78 is 90.0. The molecular formula is C48H81IN6O16S2. The van der Waals surface area contributed by atoms with Crippen molar-refractivity contribution in [2.24, 2.45) is 17.8 Å². The van der Waals surface area contributed by atoms with Gasteiger partial charge in [0.1, 0.15) is 23.9 Å². The number of methoxy groups -OCH3 is 1. The zero-order valence-corrected chi connectivity index (χ0v) is 48.2. The number of aliphatic hydroxyl groups excluding tert-OH is 3. The van der Waals surface area contributed by atoms with Gasteiger partial charge in [-0.25, -0.2) is 21.6 Å². The number of alkyl halides is 1. The minimum Gasteiger partial charge on any atom is -0.448 e. The summed E-state index contributed by atoms with van der Waals surface area (Å²) in [5.74, 6) is -2.96. The smallest absolute Gasteiger partial charge is 0.312 e. The normalized spacial score (nSPS) is 39.2.